The van der Waals surface area contributed by atoms with Gasteiger partial charge in [0.1, 0.15) is 0 Å². The van der Waals surface area contributed by atoms with E-state index >= 15 is 0 Å². The van der Waals surface area contributed by atoms with Crippen LogP contribution in [0.1, 0.15) is 13.8 Å². The third kappa shape index (κ3) is 1.39. The molecule has 0 aromatic heterocycles. The molecule has 1 aliphatic carbocycles. The van der Waals surface area contributed by atoms with Crippen molar-refractivity contribution in [1.82, 2.24) is 0 Å². The van der Waals surface area contributed by atoms with E-state index in [0.29, 0.717) is 0 Å². The normalized spacial score (nSPS) is 34.6. The minimum atomic E-state index is -1.25. The van der Waals surface area contributed by atoms with E-state index in [4.69, 9.17) is 16.7 Å². The van der Waals surface area contributed by atoms with Gasteiger partial charge in [-0.15, -0.1) is 11.6 Å². The molecular formula is C9H11ClO2. The molecule has 2 unspecified atom stereocenters. The molecule has 0 saturated heterocycles. The highest BCUT2D eigenvalue weighted by molar-refractivity contribution is 6.35. The zero-order valence-electron chi connectivity index (χ0n) is 7.04. The maximum absolute atomic E-state index is 10.8. The molecule has 1 N–H and O–H groups in total. The van der Waals surface area contributed by atoms with Crippen LogP contribution in [-0.4, -0.2) is 16.0 Å². The number of carboxylic acid groups (broad SMARTS) is 1. The number of allylic oxidation sites excluding steroid dienone is 3. The number of carbonyl (C=O) groups is 1. The Kier molecular flexibility index (Phi) is 2.29. The van der Waals surface area contributed by atoms with Gasteiger partial charge in [0, 0.05) is 5.92 Å². The molecule has 0 heterocycles. The van der Waals surface area contributed by atoms with Gasteiger partial charge in [-0.2, -0.15) is 0 Å². The van der Waals surface area contributed by atoms with Crippen LogP contribution in [0, 0.1) is 5.92 Å². The monoisotopic (exact) mass is 186 g/mol. The summed E-state index contributed by atoms with van der Waals surface area (Å²) in [5.74, 6) is -1.15. The molecule has 0 aromatic carbocycles. The van der Waals surface area contributed by atoms with Gasteiger partial charge in [-0.1, -0.05) is 30.7 Å². The fourth-order valence-corrected chi connectivity index (χ4v) is 1.37. The molecule has 1 rings (SSSR count). The Labute approximate surface area is 76.5 Å². The summed E-state index contributed by atoms with van der Waals surface area (Å²) in [7, 11) is 0. The summed E-state index contributed by atoms with van der Waals surface area (Å²) < 4.78 is 0. The van der Waals surface area contributed by atoms with Gasteiger partial charge in [-0.25, -0.2) is 4.79 Å². The second kappa shape index (κ2) is 2.94. The summed E-state index contributed by atoms with van der Waals surface area (Å²) in [6, 6.07) is 0. The number of halogens is 1. The molecule has 0 spiro atoms. The lowest BCUT2D eigenvalue weighted by molar-refractivity contribution is -0.139. The molecule has 2 atom stereocenters. The lowest BCUT2D eigenvalue weighted by Gasteiger charge is -2.26. The SMILES string of the molecule is CC1=CC(C)C(Cl)(C(=O)O)C=C1. The van der Waals surface area contributed by atoms with E-state index in [-0.39, 0.29) is 5.92 Å². The molecule has 1 aliphatic rings. The van der Waals surface area contributed by atoms with Crippen molar-refractivity contribution in [3.63, 3.8) is 0 Å². The van der Waals surface area contributed by atoms with Gasteiger partial charge in [0.05, 0.1) is 0 Å². The largest absolute Gasteiger partial charge is 0.480 e. The molecule has 3 heteroatoms. The molecule has 0 radical (unpaired) electrons. The third-order valence-electron chi connectivity index (χ3n) is 2.09. The van der Waals surface area contributed by atoms with Gasteiger partial charge in [-0.3, -0.25) is 0 Å². The molecule has 0 aromatic rings. The van der Waals surface area contributed by atoms with Crippen molar-refractivity contribution in [1.29, 1.82) is 0 Å². The number of hydrogen-bond acceptors (Lipinski definition) is 1. The first-order chi connectivity index (χ1) is 5.47. The van der Waals surface area contributed by atoms with Gasteiger partial charge in [-0.05, 0) is 6.92 Å². The van der Waals surface area contributed by atoms with Gasteiger partial charge in [0.2, 0.25) is 0 Å². The number of rotatable bonds is 1. The van der Waals surface area contributed by atoms with E-state index in [9.17, 15) is 4.79 Å². The zero-order chi connectivity index (χ0) is 9.35. The molecule has 66 valence electrons. The highest BCUT2D eigenvalue weighted by Crippen LogP contribution is 2.33. The zero-order valence-corrected chi connectivity index (χ0v) is 7.80. The first kappa shape index (κ1) is 9.33. The predicted octanol–water partition coefficient (Wildman–Crippen LogP) is 2.20. The standard InChI is InChI=1S/C9H11ClO2/c1-6-3-4-9(10,8(11)12)7(2)5-6/h3-5,7H,1-2H3,(H,11,12). The topological polar surface area (TPSA) is 37.3 Å². The van der Waals surface area contributed by atoms with E-state index in [2.05, 4.69) is 0 Å². The van der Waals surface area contributed by atoms with Crippen molar-refractivity contribution in [3.8, 4) is 0 Å². The average Bonchev–Trinajstić information content (AvgIpc) is 1.97. The van der Waals surface area contributed by atoms with Crippen molar-refractivity contribution in [2.24, 2.45) is 5.92 Å². The lowest BCUT2D eigenvalue weighted by atomic mass is 9.87. The van der Waals surface area contributed by atoms with E-state index in [1.54, 1.807) is 13.0 Å². The number of carboxylic acids is 1. The van der Waals surface area contributed by atoms with Crippen LogP contribution in [0.15, 0.2) is 23.8 Å². The van der Waals surface area contributed by atoms with Crippen LogP contribution in [0.5, 0.6) is 0 Å². The van der Waals surface area contributed by atoms with Crippen LogP contribution in [0.25, 0.3) is 0 Å². The van der Waals surface area contributed by atoms with Crippen molar-refractivity contribution >= 4 is 17.6 Å². The summed E-state index contributed by atoms with van der Waals surface area (Å²) in [4.78, 5) is 9.53. The Morgan fingerprint density at radius 2 is 2.33 bits per heavy atom. The van der Waals surface area contributed by atoms with Crippen LogP contribution in [0.4, 0.5) is 0 Å². The molecule has 0 aliphatic heterocycles. The van der Waals surface area contributed by atoms with Crippen LogP contribution in [-0.2, 0) is 4.79 Å². The van der Waals surface area contributed by atoms with Gasteiger partial charge in [0.15, 0.2) is 4.87 Å². The number of aliphatic carboxylic acids is 1. The second-order valence-electron chi connectivity index (χ2n) is 3.11. The van der Waals surface area contributed by atoms with E-state index < -0.39 is 10.8 Å². The Bertz CT molecular complexity index is 268. The Hall–Kier alpha value is -0.760. The van der Waals surface area contributed by atoms with Crippen molar-refractivity contribution in [2.45, 2.75) is 18.7 Å². The maximum atomic E-state index is 10.8. The average molecular weight is 187 g/mol. The minimum absolute atomic E-state index is 0.165. The predicted molar refractivity (Wildman–Crippen MR) is 48.3 cm³/mol. The van der Waals surface area contributed by atoms with Gasteiger partial charge in [0.25, 0.3) is 0 Å². The Balaban J connectivity index is 2.99. The lowest BCUT2D eigenvalue weighted by Crippen LogP contribution is -2.37. The molecular weight excluding hydrogens is 176 g/mol. The molecule has 0 fully saturated rings. The number of hydrogen-bond donors (Lipinski definition) is 1. The van der Waals surface area contributed by atoms with E-state index in [0.717, 1.165) is 5.57 Å². The van der Waals surface area contributed by atoms with Crippen LogP contribution < -0.4 is 0 Å². The van der Waals surface area contributed by atoms with E-state index in [1.807, 2.05) is 13.0 Å². The van der Waals surface area contributed by atoms with Crippen molar-refractivity contribution in [3.05, 3.63) is 23.8 Å². The van der Waals surface area contributed by atoms with Gasteiger partial charge < -0.3 is 5.11 Å². The summed E-state index contributed by atoms with van der Waals surface area (Å²) in [6.45, 7) is 3.72. The van der Waals surface area contributed by atoms with Crippen molar-refractivity contribution in [2.75, 3.05) is 0 Å². The van der Waals surface area contributed by atoms with Crippen LogP contribution in [0.3, 0.4) is 0 Å². The molecule has 0 bridgehead atoms. The summed E-state index contributed by atoms with van der Waals surface area (Å²) in [5.41, 5.74) is 1.06. The second-order valence-corrected chi connectivity index (χ2v) is 3.73. The molecule has 0 amide bonds. The fraction of sp³-hybridized carbons (Fsp3) is 0.444. The first-order valence-corrected chi connectivity index (χ1v) is 4.14. The number of alkyl halides is 1. The molecule has 12 heavy (non-hydrogen) atoms. The first-order valence-electron chi connectivity index (χ1n) is 3.77. The Morgan fingerprint density at radius 1 is 1.75 bits per heavy atom. The Morgan fingerprint density at radius 3 is 2.75 bits per heavy atom. The highest BCUT2D eigenvalue weighted by atomic mass is 35.5. The highest BCUT2D eigenvalue weighted by Gasteiger charge is 2.39. The fourth-order valence-electron chi connectivity index (χ4n) is 1.24. The summed E-state index contributed by atoms with van der Waals surface area (Å²) in [6.07, 6.45) is 5.14. The molecule has 2 nitrogen and oxygen atoms in total. The summed E-state index contributed by atoms with van der Waals surface area (Å²) in [5, 5.41) is 8.84. The summed E-state index contributed by atoms with van der Waals surface area (Å²) >= 11 is 5.89. The third-order valence-corrected chi connectivity index (χ3v) is 2.72. The smallest absolute Gasteiger partial charge is 0.329 e. The molecule has 0 saturated carbocycles. The van der Waals surface area contributed by atoms with Crippen LogP contribution >= 0.6 is 11.6 Å². The maximum Gasteiger partial charge on any atom is 0.329 e. The minimum Gasteiger partial charge on any atom is -0.480 e. The van der Waals surface area contributed by atoms with Crippen molar-refractivity contribution < 1.29 is 9.90 Å². The van der Waals surface area contributed by atoms with Crippen LogP contribution in [0.2, 0.25) is 0 Å². The van der Waals surface area contributed by atoms with Gasteiger partial charge >= 0.3 is 5.97 Å². The quantitative estimate of drug-likeness (QED) is 0.638. The van der Waals surface area contributed by atoms with E-state index in [1.165, 1.54) is 6.08 Å².